The molecule has 1 fully saturated rings. The van der Waals surface area contributed by atoms with Crippen LogP contribution >= 0.6 is 23.4 Å². The Morgan fingerprint density at radius 2 is 2.33 bits per heavy atom. The average Bonchev–Trinajstić information content (AvgIpc) is 2.82. The number of amides is 1. The van der Waals surface area contributed by atoms with E-state index >= 15 is 0 Å². The molecule has 1 aromatic rings. The highest BCUT2D eigenvalue weighted by atomic mass is 35.5. The van der Waals surface area contributed by atoms with E-state index in [-0.39, 0.29) is 17.1 Å². The molecule has 114 valence electrons. The maximum Gasteiger partial charge on any atom is 0.220 e. The molecule has 1 heterocycles. The summed E-state index contributed by atoms with van der Waals surface area (Å²) in [4.78, 5) is 23.1. The van der Waals surface area contributed by atoms with Gasteiger partial charge in [0.15, 0.2) is 0 Å². The van der Waals surface area contributed by atoms with Crippen LogP contribution < -0.4 is 10.1 Å². The molecule has 2 rings (SSSR count). The summed E-state index contributed by atoms with van der Waals surface area (Å²) in [6, 6.07) is 5.14. The second-order valence-electron chi connectivity index (χ2n) is 4.94. The SMILES string of the molecule is Cc1cc(Cl)ccc1OCCCC(=O)N[C@H]1CCSC1=O. The normalized spacial score (nSPS) is 17.8. The highest BCUT2D eigenvalue weighted by Gasteiger charge is 2.26. The van der Waals surface area contributed by atoms with Gasteiger partial charge in [0, 0.05) is 17.2 Å². The van der Waals surface area contributed by atoms with Gasteiger partial charge in [0.2, 0.25) is 11.0 Å². The molecule has 0 aliphatic carbocycles. The van der Waals surface area contributed by atoms with Crippen LogP contribution in [0.5, 0.6) is 5.75 Å². The molecule has 0 saturated carbocycles. The summed E-state index contributed by atoms with van der Waals surface area (Å²) in [6.07, 6.45) is 1.71. The van der Waals surface area contributed by atoms with Crippen molar-refractivity contribution >= 4 is 34.4 Å². The quantitative estimate of drug-likeness (QED) is 0.816. The molecule has 0 spiro atoms. The Balaban J connectivity index is 1.67. The summed E-state index contributed by atoms with van der Waals surface area (Å²) in [6.45, 7) is 2.39. The van der Waals surface area contributed by atoms with Gasteiger partial charge < -0.3 is 10.1 Å². The number of carbonyl (C=O) groups is 2. The number of aryl methyl sites for hydroxylation is 1. The number of rotatable bonds is 6. The van der Waals surface area contributed by atoms with Crippen molar-refractivity contribution < 1.29 is 14.3 Å². The molecule has 4 nitrogen and oxygen atoms in total. The zero-order chi connectivity index (χ0) is 15.2. The average molecular weight is 328 g/mol. The summed E-state index contributed by atoms with van der Waals surface area (Å²) in [5.74, 6) is 1.48. The number of ether oxygens (including phenoxy) is 1. The number of benzene rings is 1. The van der Waals surface area contributed by atoms with E-state index in [1.165, 1.54) is 11.8 Å². The lowest BCUT2D eigenvalue weighted by atomic mass is 10.2. The minimum atomic E-state index is -0.304. The Kier molecular flexibility index (Phi) is 5.94. The van der Waals surface area contributed by atoms with Crippen molar-refractivity contribution in [1.82, 2.24) is 5.32 Å². The first-order valence-electron chi connectivity index (χ1n) is 6.91. The molecule has 0 radical (unpaired) electrons. The second kappa shape index (κ2) is 7.71. The summed E-state index contributed by atoms with van der Waals surface area (Å²) in [7, 11) is 0. The zero-order valence-electron chi connectivity index (χ0n) is 11.9. The van der Waals surface area contributed by atoms with Crippen molar-refractivity contribution in [2.75, 3.05) is 12.4 Å². The first-order valence-corrected chi connectivity index (χ1v) is 8.27. The molecule has 1 saturated heterocycles. The van der Waals surface area contributed by atoms with Crippen molar-refractivity contribution in [3.05, 3.63) is 28.8 Å². The van der Waals surface area contributed by atoms with Crippen molar-refractivity contribution in [1.29, 1.82) is 0 Å². The van der Waals surface area contributed by atoms with E-state index in [1.54, 1.807) is 6.07 Å². The maximum atomic E-state index is 11.7. The number of carbonyl (C=O) groups excluding carboxylic acids is 2. The van der Waals surface area contributed by atoms with E-state index in [9.17, 15) is 9.59 Å². The van der Waals surface area contributed by atoms with E-state index in [0.29, 0.717) is 24.5 Å². The summed E-state index contributed by atoms with van der Waals surface area (Å²) in [5.41, 5.74) is 0.973. The van der Waals surface area contributed by atoms with Gasteiger partial charge in [0.05, 0.1) is 12.6 Å². The van der Waals surface area contributed by atoms with Crippen molar-refractivity contribution in [2.45, 2.75) is 32.2 Å². The molecular weight excluding hydrogens is 310 g/mol. The molecule has 1 amide bonds. The fourth-order valence-corrected chi connectivity index (χ4v) is 3.24. The number of thioether (sulfide) groups is 1. The number of halogens is 1. The standard InChI is InChI=1S/C15H18ClNO3S/c1-10-9-11(16)4-5-13(10)20-7-2-3-14(18)17-12-6-8-21-15(12)19/h4-5,9,12H,2-3,6-8H2,1H3,(H,17,18)/t12-/m0/s1. The molecule has 1 aromatic carbocycles. The maximum absolute atomic E-state index is 11.7. The first kappa shape index (κ1) is 16.2. The fraction of sp³-hybridized carbons (Fsp3) is 0.467. The lowest BCUT2D eigenvalue weighted by molar-refractivity contribution is -0.124. The van der Waals surface area contributed by atoms with Crippen LogP contribution in [-0.2, 0) is 9.59 Å². The summed E-state index contributed by atoms with van der Waals surface area (Å²) >= 11 is 7.16. The minimum Gasteiger partial charge on any atom is -0.493 e. The molecule has 6 heteroatoms. The highest BCUT2D eigenvalue weighted by molar-refractivity contribution is 8.14. The Morgan fingerprint density at radius 3 is 3.00 bits per heavy atom. The van der Waals surface area contributed by atoms with E-state index in [1.807, 2.05) is 19.1 Å². The molecule has 1 aliphatic heterocycles. The van der Waals surface area contributed by atoms with Crippen LogP contribution in [0.2, 0.25) is 5.02 Å². The summed E-state index contributed by atoms with van der Waals surface area (Å²) < 4.78 is 5.62. The van der Waals surface area contributed by atoms with Crippen molar-refractivity contribution in [3.8, 4) is 5.75 Å². The fourth-order valence-electron chi connectivity index (χ4n) is 2.08. The van der Waals surface area contributed by atoms with Crippen LogP contribution in [0.25, 0.3) is 0 Å². The molecule has 1 N–H and O–H groups in total. The van der Waals surface area contributed by atoms with Crippen LogP contribution in [-0.4, -0.2) is 29.4 Å². The van der Waals surface area contributed by atoms with E-state index < -0.39 is 0 Å². The van der Waals surface area contributed by atoms with E-state index in [2.05, 4.69) is 5.32 Å². The Labute approximate surface area is 133 Å². The van der Waals surface area contributed by atoms with Gasteiger partial charge in [-0.3, -0.25) is 9.59 Å². The Morgan fingerprint density at radius 1 is 1.52 bits per heavy atom. The molecule has 1 atom stereocenters. The third-order valence-electron chi connectivity index (χ3n) is 3.21. The smallest absolute Gasteiger partial charge is 0.220 e. The number of hydrogen-bond donors (Lipinski definition) is 1. The van der Waals surface area contributed by atoms with Crippen molar-refractivity contribution in [2.24, 2.45) is 0 Å². The molecule has 21 heavy (non-hydrogen) atoms. The summed E-state index contributed by atoms with van der Waals surface area (Å²) in [5, 5.41) is 3.51. The Hall–Kier alpha value is -1.20. The van der Waals surface area contributed by atoms with Crippen LogP contribution in [0.1, 0.15) is 24.8 Å². The monoisotopic (exact) mass is 327 g/mol. The second-order valence-corrected chi connectivity index (χ2v) is 6.47. The molecular formula is C15H18ClNO3S. The molecule has 0 unspecified atom stereocenters. The van der Waals surface area contributed by atoms with Gasteiger partial charge in [-0.05, 0) is 43.5 Å². The topological polar surface area (TPSA) is 55.4 Å². The van der Waals surface area contributed by atoms with Gasteiger partial charge in [-0.1, -0.05) is 23.4 Å². The van der Waals surface area contributed by atoms with Crippen LogP contribution in [0.15, 0.2) is 18.2 Å². The van der Waals surface area contributed by atoms with Crippen LogP contribution in [0.3, 0.4) is 0 Å². The van der Waals surface area contributed by atoms with E-state index in [4.69, 9.17) is 16.3 Å². The highest BCUT2D eigenvalue weighted by Crippen LogP contribution is 2.22. The van der Waals surface area contributed by atoms with Crippen LogP contribution in [0, 0.1) is 6.92 Å². The van der Waals surface area contributed by atoms with Gasteiger partial charge in [-0.2, -0.15) is 0 Å². The molecule has 1 aliphatic rings. The van der Waals surface area contributed by atoms with Crippen LogP contribution in [0.4, 0.5) is 0 Å². The minimum absolute atomic E-state index is 0.0661. The largest absolute Gasteiger partial charge is 0.493 e. The molecule has 0 aromatic heterocycles. The van der Waals surface area contributed by atoms with Gasteiger partial charge in [-0.15, -0.1) is 0 Å². The zero-order valence-corrected chi connectivity index (χ0v) is 13.4. The van der Waals surface area contributed by atoms with E-state index in [0.717, 1.165) is 23.5 Å². The number of nitrogens with one attached hydrogen (secondary N) is 1. The Bertz CT molecular complexity index is 536. The number of hydrogen-bond acceptors (Lipinski definition) is 4. The van der Waals surface area contributed by atoms with Crippen molar-refractivity contribution in [3.63, 3.8) is 0 Å². The third kappa shape index (κ3) is 4.93. The molecule has 0 bridgehead atoms. The van der Waals surface area contributed by atoms with Gasteiger partial charge >= 0.3 is 0 Å². The third-order valence-corrected chi connectivity index (χ3v) is 4.46. The lowest BCUT2D eigenvalue weighted by Crippen LogP contribution is -2.37. The van der Waals surface area contributed by atoms with Gasteiger partial charge in [0.1, 0.15) is 5.75 Å². The predicted molar refractivity (Wildman–Crippen MR) is 84.9 cm³/mol. The lowest BCUT2D eigenvalue weighted by Gasteiger charge is -2.11. The van der Waals surface area contributed by atoms with Gasteiger partial charge in [-0.25, -0.2) is 0 Å². The first-order chi connectivity index (χ1) is 10.1. The predicted octanol–water partition coefficient (Wildman–Crippen LogP) is 2.96. The van der Waals surface area contributed by atoms with Gasteiger partial charge in [0.25, 0.3) is 0 Å².